The number of ether oxygens (including phenoxy) is 1. The van der Waals surface area contributed by atoms with Crippen LogP contribution in [0.2, 0.25) is 0 Å². The van der Waals surface area contributed by atoms with Gasteiger partial charge in [-0.25, -0.2) is 0 Å². The number of allylic oxidation sites excluding steroid dienone is 1. The Hall–Kier alpha value is -2.14. The van der Waals surface area contributed by atoms with Gasteiger partial charge < -0.3 is 15.6 Å². The lowest BCUT2D eigenvalue weighted by atomic mass is 9.43. The van der Waals surface area contributed by atoms with Gasteiger partial charge in [-0.05, 0) is 55.6 Å². The third kappa shape index (κ3) is 1.61. The zero-order valence-electron chi connectivity index (χ0n) is 14.7. The van der Waals surface area contributed by atoms with Gasteiger partial charge in [0.1, 0.15) is 5.75 Å². The molecule has 1 aliphatic heterocycles. The van der Waals surface area contributed by atoms with Crippen LogP contribution in [0.1, 0.15) is 53.6 Å². The SMILES string of the molecule is C=CCC1CC[C@]23c4c5ccc(C(N)=O)c4O[C@H]2C(=O)CC[C@@]3(O)[C@H]1C5. The average molecular weight is 353 g/mol. The molecule has 1 amide bonds. The summed E-state index contributed by atoms with van der Waals surface area (Å²) in [5, 5.41) is 12.0. The monoisotopic (exact) mass is 353 g/mol. The molecule has 3 aliphatic carbocycles. The van der Waals surface area contributed by atoms with Crippen LogP contribution in [0.4, 0.5) is 0 Å². The quantitative estimate of drug-likeness (QED) is 0.814. The zero-order chi connectivity index (χ0) is 18.3. The van der Waals surface area contributed by atoms with Crippen molar-refractivity contribution >= 4 is 11.7 Å². The van der Waals surface area contributed by atoms with E-state index in [0.717, 1.165) is 30.4 Å². The number of Topliss-reactive ketones (excluding diaryl/α,β-unsaturated/α-hetero) is 1. The highest BCUT2D eigenvalue weighted by atomic mass is 16.5. The second kappa shape index (κ2) is 4.97. The molecular formula is C21H23NO4. The molecule has 1 aromatic rings. The number of amides is 1. The summed E-state index contributed by atoms with van der Waals surface area (Å²) in [5.74, 6) is 0.331. The molecule has 1 heterocycles. The minimum absolute atomic E-state index is 0.0232. The first-order valence-electron chi connectivity index (χ1n) is 9.43. The number of nitrogens with two attached hydrogens (primary N) is 1. The Kier molecular flexibility index (Phi) is 3.07. The van der Waals surface area contributed by atoms with Gasteiger partial charge in [0.25, 0.3) is 5.91 Å². The predicted octanol–water partition coefficient (Wildman–Crippen LogP) is 2.04. The van der Waals surface area contributed by atoms with E-state index in [2.05, 4.69) is 6.58 Å². The highest BCUT2D eigenvalue weighted by Gasteiger charge is 2.72. The van der Waals surface area contributed by atoms with Crippen molar-refractivity contribution in [3.05, 3.63) is 41.5 Å². The fourth-order valence-electron chi connectivity index (χ4n) is 6.46. The molecule has 4 aliphatic rings. The van der Waals surface area contributed by atoms with Crippen LogP contribution in [0.15, 0.2) is 24.8 Å². The van der Waals surface area contributed by atoms with E-state index in [1.807, 2.05) is 12.1 Å². The topological polar surface area (TPSA) is 89.6 Å². The van der Waals surface area contributed by atoms with E-state index >= 15 is 0 Å². The number of carbonyl (C=O) groups excluding carboxylic acids is 2. The van der Waals surface area contributed by atoms with E-state index in [0.29, 0.717) is 36.5 Å². The van der Waals surface area contributed by atoms with Crippen LogP contribution >= 0.6 is 0 Å². The van der Waals surface area contributed by atoms with E-state index in [4.69, 9.17) is 10.5 Å². The summed E-state index contributed by atoms with van der Waals surface area (Å²) in [4.78, 5) is 24.7. The smallest absolute Gasteiger partial charge is 0.252 e. The van der Waals surface area contributed by atoms with E-state index in [1.54, 1.807) is 6.07 Å². The summed E-state index contributed by atoms with van der Waals surface area (Å²) >= 11 is 0. The van der Waals surface area contributed by atoms with Gasteiger partial charge in [-0.15, -0.1) is 6.58 Å². The molecular weight excluding hydrogens is 330 g/mol. The molecule has 0 aromatic heterocycles. The van der Waals surface area contributed by atoms with Crippen molar-refractivity contribution in [2.75, 3.05) is 0 Å². The molecule has 2 fully saturated rings. The van der Waals surface area contributed by atoms with Gasteiger partial charge in [0, 0.05) is 12.0 Å². The third-order valence-corrected chi connectivity index (χ3v) is 7.46. The Morgan fingerprint density at radius 1 is 1.42 bits per heavy atom. The van der Waals surface area contributed by atoms with Gasteiger partial charge in [-0.3, -0.25) is 9.59 Å². The highest BCUT2D eigenvalue weighted by Crippen LogP contribution is 2.67. The Labute approximate surface area is 152 Å². The van der Waals surface area contributed by atoms with E-state index in [1.165, 1.54) is 0 Å². The van der Waals surface area contributed by atoms with E-state index < -0.39 is 23.0 Å². The maximum atomic E-state index is 12.8. The van der Waals surface area contributed by atoms with E-state index in [-0.39, 0.29) is 11.7 Å². The molecule has 0 radical (unpaired) electrons. The molecule has 2 saturated carbocycles. The molecule has 1 unspecified atom stereocenters. The standard InChI is InChI=1S/C21H23NO4/c1-2-3-11-6-8-20-16-12-4-5-13(19(22)24)17(16)26-18(20)15(23)7-9-21(20,25)14(11)10-12/h2,4-5,11,14,18,25H,1,3,6-10H2,(H2,22,24)/t11?,14-,18-,20-,21+/m0/s1. The lowest BCUT2D eigenvalue weighted by molar-refractivity contribution is -0.188. The van der Waals surface area contributed by atoms with Crippen LogP contribution in [-0.4, -0.2) is 28.5 Å². The van der Waals surface area contributed by atoms with Gasteiger partial charge in [-0.2, -0.15) is 0 Å². The Morgan fingerprint density at radius 2 is 2.23 bits per heavy atom. The lowest BCUT2D eigenvalue weighted by Gasteiger charge is -2.61. The molecule has 5 nitrogen and oxygen atoms in total. The summed E-state index contributed by atoms with van der Waals surface area (Å²) in [6.07, 6.45) is 5.22. The number of carbonyl (C=O) groups is 2. The molecule has 136 valence electrons. The van der Waals surface area contributed by atoms with Crippen molar-refractivity contribution in [2.45, 2.75) is 55.6 Å². The summed E-state index contributed by atoms with van der Waals surface area (Å²) in [6, 6.07) is 3.64. The second-order valence-electron chi connectivity index (χ2n) is 8.33. The normalized spacial score (nSPS) is 39.1. The van der Waals surface area contributed by atoms with Crippen molar-refractivity contribution in [2.24, 2.45) is 17.6 Å². The van der Waals surface area contributed by atoms with Gasteiger partial charge in [0.05, 0.1) is 16.6 Å². The number of hydrogen-bond donors (Lipinski definition) is 2. The van der Waals surface area contributed by atoms with Gasteiger partial charge in [0.2, 0.25) is 0 Å². The minimum atomic E-state index is -0.980. The van der Waals surface area contributed by atoms with E-state index in [9.17, 15) is 14.7 Å². The van der Waals surface area contributed by atoms with Gasteiger partial charge in [0.15, 0.2) is 11.9 Å². The Morgan fingerprint density at radius 3 is 2.96 bits per heavy atom. The third-order valence-electron chi connectivity index (χ3n) is 7.46. The minimum Gasteiger partial charge on any atom is -0.480 e. The first-order valence-corrected chi connectivity index (χ1v) is 9.43. The number of primary amides is 1. The Bertz CT molecular complexity index is 862. The lowest BCUT2D eigenvalue weighted by Crippen LogP contribution is -2.71. The molecule has 5 atom stereocenters. The van der Waals surface area contributed by atoms with Crippen molar-refractivity contribution in [3.8, 4) is 5.75 Å². The fraction of sp³-hybridized carbons (Fsp3) is 0.524. The molecule has 5 heteroatoms. The number of ketones is 1. The van der Waals surface area contributed by atoms with Crippen LogP contribution in [0.5, 0.6) is 5.75 Å². The van der Waals surface area contributed by atoms with Crippen LogP contribution < -0.4 is 10.5 Å². The largest absolute Gasteiger partial charge is 0.480 e. The maximum Gasteiger partial charge on any atom is 0.252 e. The maximum absolute atomic E-state index is 12.8. The second-order valence-corrected chi connectivity index (χ2v) is 8.33. The molecule has 0 saturated heterocycles. The summed E-state index contributed by atoms with van der Waals surface area (Å²) in [5.41, 5.74) is 6.12. The van der Waals surface area contributed by atoms with Crippen LogP contribution in [0.3, 0.4) is 0 Å². The highest BCUT2D eigenvalue weighted by molar-refractivity contribution is 5.98. The first kappa shape index (κ1) is 16.1. The number of rotatable bonds is 3. The number of hydrogen-bond acceptors (Lipinski definition) is 4. The molecule has 1 spiro atoms. The zero-order valence-corrected chi connectivity index (χ0v) is 14.7. The average Bonchev–Trinajstić information content (AvgIpc) is 2.95. The molecule has 3 N–H and O–H groups in total. The van der Waals surface area contributed by atoms with Crippen LogP contribution in [-0.2, 0) is 16.6 Å². The van der Waals surface area contributed by atoms with Crippen molar-refractivity contribution in [1.29, 1.82) is 0 Å². The predicted molar refractivity (Wildman–Crippen MR) is 95.0 cm³/mol. The summed E-state index contributed by atoms with van der Waals surface area (Å²) in [6.45, 7) is 3.89. The van der Waals surface area contributed by atoms with Crippen LogP contribution in [0.25, 0.3) is 0 Å². The summed E-state index contributed by atoms with van der Waals surface area (Å²) in [7, 11) is 0. The number of aliphatic hydroxyl groups is 1. The van der Waals surface area contributed by atoms with Gasteiger partial charge in [-0.1, -0.05) is 12.1 Å². The summed E-state index contributed by atoms with van der Waals surface area (Å²) < 4.78 is 6.11. The molecule has 1 aromatic carbocycles. The molecule has 26 heavy (non-hydrogen) atoms. The first-order chi connectivity index (χ1) is 12.4. The van der Waals surface area contributed by atoms with Crippen molar-refractivity contribution < 1.29 is 19.4 Å². The fourth-order valence-corrected chi connectivity index (χ4v) is 6.46. The molecule has 5 rings (SSSR count). The molecule has 2 bridgehead atoms. The Balaban J connectivity index is 1.80. The van der Waals surface area contributed by atoms with Crippen molar-refractivity contribution in [1.82, 2.24) is 0 Å². The van der Waals surface area contributed by atoms with Crippen LogP contribution in [0, 0.1) is 11.8 Å². The number of benzene rings is 1. The van der Waals surface area contributed by atoms with Gasteiger partial charge >= 0.3 is 0 Å². The van der Waals surface area contributed by atoms with Crippen molar-refractivity contribution in [3.63, 3.8) is 0 Å².